The van der Waals surface area contributed by atoms with Gasteiger partial charge in [-0.2, -0.15) is 0 Å². The number of carbonyl (C=O) groups excluding carboxylic acids is 1. The zero-order valence-electron chi connectivity index (χ0n) is 13.0. The summed E-state index contributed by atoms with van der Waals surface area (Å²) in [6.07, 6.45) is 0.0969. The fourth-order valence-corrected chi connectivity index (χ4v) is 3.28. The van der Waals surface area contributed by atoms with E-state index >= 15 is 0 Å². The molecule has 0 aromatic heterocycles. The average molecular weight is 310 g/mol. The van der Waals surface area contributed by atoms with E-state index in [-0.39, 0.29) is 30.0 Å². The Bertz CT molecular complexity index is 465. The summed E-state index contributed by atoms with van der Waals surface area (Å²) in [6.45, 7) is 7.30. The van der Waals surface area contributed by atoms with Gasteiger partial charge in [0.05, 0.1) is 18.1 Å². The highest BCUT2D eigenvalue weighted by Gasteiger charge is 2.43. The van der Waals surface area contributed by atoms with Crippen molar-refractivity contribution in [3.8, 4) is 0 Å². The molecule has 4 unspecified atom stereocenters. The van der Waals surface area contributed by atoms with Crippen LogP contribution < -0.4 is 0 Å². The molecule has 116 valence electrons. The number of benzene rings is 1. The number of halogens is 1. The molecular weight excluding hydrogens is 286 g/mol. The highest BCUT2D eigenvalue weighted by molar-refractivity contribution is 6.18. The summed E-state index contributed by atoms with van der Waals surface area (Å²) in [5.74, 6) is 0.765. The van der Waals surface area contributed by atoms with Crippen molar-refractivity contribution in [1.29, 1.82) is 0 Å². The molecule has 1 amide bonds. The number of hydrogen-bond acceptors (Lipinski definition) is 2. The molecule has 0 radical (unpaired) electrons. The van der Waals surface area contributed by atoms with Crippen LogP contribution in [0.15, 0.2) is 30.3 Å². The lowest BCUT2D eigenvalue weighted by molar-refractivity contribution is -0.138. The van der Waals surface area contributed by atoms with Gasteiger partial charge in [-0.25, -0.2) is 0 Å². The van der Waals surface area contributed by atoms with Crippen LogP contribution in [0.5, 0.6) is 0 Å². The quantitative estimate of drug-likeness (QED) is 0.781. The zero-order chi connectivity index (χ0) is 15.4. The van der Waals surface area contributed by atoms with E-state index in [0.29, 0.717) is 19.0 Å². The molecule has 3 nitrogen and oxygen atoms in total. The minimum absolute atomic E-state index is 0.0314. The Kier molecular flexibility index (Phi) is 5.65. The third-order valence-corrected chi connectivity index (χ3v) is 4.58. The second kappa shape index (κ2) is 7.28. The monoisotopic (exact) mass is 309 g/mol. The van der Waals surface area contributed by atoms with Crippen molar-refractivity contribution >= 4 is 17.5 Å². The Balaban J connectivity index is 2.12. The molecule has 0 bridgehead atoms. The van der Waals surface area contributed by atoms with Crippen LogP contribution in [0.4, 0.5) is 0 Å². The molecule has 0 saturated carbocycles. The molecule has 1 saturated heterocycles. The van der Waals surface area contributed by atoms with E-state index in [1.807, 2.05) is 49.1 Å². The molecule has 0 spiro atoms. The van der Waals surface area contributed by atoms with Crippen molar-refractivity contribution in [3.05, 3.63) is 35.9 Å². The van der Waals surface area contributed by atoms with Crippen molar-refractivity contribution in [2.75, 3.05) is 12.4 Å². The maximum atomic E-state index is 12.9. The van der Waals surface area contributed by atoms with E-state index in [2.05, 4.69) is 6.92 Å². The third-order valence-electron chi connectivity index (χ3n) is 4.41. The maximum absolute atomic E-state index is 12.9. The van der Waals surface area contributed by atoms with Gasteiger partial charge in [-0.1, -0.05) is 37.3 Å². The normalized spacial score (nSPS) is 28.6. The molecule has 4 heteroatoms. The van der Waals surface area contributed by atoms with E-state index in [1.165, 1.54) is 0 Å². The van der Waals surface area contributed by atoms with Gasteiger partial charge < -0.3 is 9.64 Å². The first kappa shape index (κ1) is 16.3. The summed E-state index contributed by atoms with van der Waals surface area (Å²) in [6, 6.07) is 10.0. The molecule has 0 N–H and O–H groups in total. The number of rotatable bonds is 5. The van der Waals surface area contributed by atoms with Gasteiger partial charge in [-0.3, -0.25) is 4.79 Å². The molecule has 1 aromatic carbocycles. The zero-order valence-corrected chi connectivity index (χ0v) is 13.7. The summed E-state index contributed by atoms with van der Waals surface area (Å²) < 4.78 is 5.81. The SMILES string of the molecule is CC1OC(C)C(C(=O)N(CCCl)Cc2ccccc2)C1C. The second-order valence-corrected chi connectivity index (χ2v) is 6.24. The molecule has 2 rings (SSSR count). The summed E-state index contributed by atoms with van der Waals surface area (Å²) in [7, 11) is 0. The summed E-state index contributed by atoms with van der Waals surface area (Å²) in [5.41, 5.74) is 1.13. The molecule has 0 aliphatic carbocycles. The maximum Gasteiger partial charge on any atom is 0.229 e. The number of ether oxygens (including phenoxy) is 1. The first-order valence-corrected chi connectivity index (χ1v) is 8.12. The predicted molar refractivity (Wildman–Crippen MR) is 85.2 cm³/mol. The minimum Gasteiger partial charge on any atom is -0.374 e. The van der Waals surface area contributed by atoms with Crippen LogP contribution in [-0.4, -0.2) is 35.4 Å². The van der Waals surface area contributed by atoms with Gasteiger partial charge in [0.2, 0.25) is 5.91 Å². The number of nitrogens with zero attached hydrogens (tertiary/aromatic N) is 1. The number of alkyl halides is 1. The lowest BCUT2D eigenvalue weighted by Gasteiger charge is -2.28. The number of carbonyl (C=O) groups is 1. The standard InChI is InChI=1S/C17H24ClNO2/c1-12-13(2)21-14(3)16(12)17(20)19(10-9-18)11-15-7-5-4-6-8-15/h4-8,12-14,16H,9-11H2,1-3H3. The molecule has 1 aliphatic heterocycles. The highest BCUT2D eigenvalue weighted by Crippen LogP contribution is 2.33. The van der Waals surface area contributed by atoms with Gasteiger partial charge in [0.25, 0.3) is 0 Å². The fraction of sp³-hybridized carbons (Fsp3) is 0.588. The molecule has 1 aliphatic rings. The van der Waals surface area contributed by atoms with Crippen molar-refractivity contribution in [2.24, 2.45) is 11.8 Å². The first-order valence-electron chi connectivity index (χ1n) is 7.58. The van der Waals surface area contributed by atoms with Crippen LogP contribution in [-0.2, 0) is 16.1 Å². The van der Waals surface area contributed by atoms with Crippen LogP contribution >= 0.6 is 11.6 Å². The van der Waals surface area contributed by atoms with Crippen molar-refractivity contribution in [1.82, 2.24) is 4.90 Å². The Labute approximate surface area is 132 Å². The van der Waals surface area contributed by atoms with Gasteiger partial charge in [-0.05, 0) is 25.3 Å². The van der Waals surface area contributed by atoms with Crippen LogP contribution in [0.1, 0.15) is 26.3 Å². The summed E-state index contributed by atoms with van der Waals surface area (Å²) >= 11 is 5.89. The minimum atomic E-state index is -0.0769. The highest BCUT2D eigenvalue weighted by atomic mass is 35.5. The van der Waals surface area contributed by atoms with Crippen molar-refractivity contribution in [3.63, 3.8) is 0 Å². The third kappa shape index (κ3) is 3.78. The van der Waals surface area contributed by atoms with Gasteiger partial charge >= 0.3 is 0 Å². The molecule has 1 aromatic rings. The largest absolute Gasteiger partial charge is 0.374 e. The van der Waals surface area contributed by atoms with Crippen molar-refractivity contribution in [2.45, 2.75) is 39.5 Å². The predicted octanol–water partition coefficient (Wildman–Crippen LogP) is 3.31. The topological polar surface area (TPSA) is 29.5 Å². The Morgan fingerprint density at radius 2 is 1.86 bits per heavy atom. The number of hydrogen-bond donors (Lipinski definition) is 0. The van der Waals surface area contributed by atoms with Gasteiger partial charge in [0, 0.05) is 19.0 Å². The summed E-state index contributed by atoms with van der Waals surface area (Å²) in [5, 5.41) is 0. The van der Waals surface area contributed by atoms with E-state index < -0.39 is 0 Å². The van der Waals surface area contributed by atoms with E-state index in [0.717, 1.165) is 5.56 Å². The van der Waals surface area contributed by atoms with Crippen LogP contribution in [0.25, 0.3) is 0 Å². The van der Waals surface area contributed by atoms with Crippen LogP contribution in [0, 0.1) is 11.8 Å². The average Bonchev–Trinajstić information content (AvgIpc) is 2.72. The molecule has 1 fully saturated rings. The Morgan fingerprint density at radius 1 is 1.19 bits per heavy atom. The van der Waals surface area contributed by atoms with Crippen LogP contribution in [0.3, 0.4) is 0 Å². The molecule has 1 heterocycles. The smallest absolute Gasteiger partial charge is 0.229 e. The fourth-order valence-electron chi connectivity index (χ4n) is 3.08. The first-order chi connectivity index (χ1) is 10.0. The van der Waals surface area contributed by atoms with Gasteiger partial charge in [0.15, 0.2) is 0 Å². The van der Waals surface area contributed by atoms with E-state index in [9.17, 15) is 4.79 Å². The van der Waals surface area contributed by atoms with Gasteiger partial charge in [-0.15, -0.1) is 11.6 Å². The molecule has 21 heavy (non-hydrogen) atoms. The van der Waals surface area contributed by atoms with E-state index in [4.69, 9.17) is 16.3 Å². The van der Waals surface area contributed by atoms with E-state index in [1.54, 1.807) is 0 Å². The van der Waals surface area contributed by atoms with Crippen molar-refractivity contribution < 1.29 is 9.53 Å². The molecular formula is C17H24ClNO2. The lowest BCUT2D eigenvalue weighted by atomic mass is 9.88. The second-order valence-electron chi connectivity index (χ2n) is 5.87. The number of amides is 1. The van der Waals surface area contributed by atoms with Crippen LogP contribution in [0.2, 0.25) is 0 Å². The Morgan fingerprint density at radius 3 is 2.38 bits per heavy atom. The van der Waals surface area contributed by atoms with Gasteiger partial charge in [0.1, 0.15) is 0 Å². The molecule has 4 atom stereocenters. The Hall–Kier alpha value is -1.06. The lowest BCUT2D eigenvalue weighted by Crippen LogP contribution is -2.41. The summed E-state index contributed by atoms with van der Waals surface area (Å²) in [4.78, 5) is 14.8.